The predicted molar refractivity (Wildman–Crippen MR) is 79.4 cm³/mol. The molecule has 2 rings (SSSR count). The second kappa shape index (κ2) is 7.36. The van der Waals surface area contributed by atoms with Gasteiger partial charge in [0.05, 0.1) is 6.04 Å². The second-order valence-electron chi connectivity index (χ2n) is 4.72. The standard InChI is InChI=1S/C17H17NO3/c18-15(11-13-7-3-1-4-8-13)16(19)17(20)21-12-14-9-5-2-6-10-14/h1-10,15H,11-12,18H2/t15-/m0/s1. The van der Waals surface area contributed by atoms with Gasteiger partial charge in [-0.05, 0) is 17.5 Å². The van der Waals surface area contributed by atoms with Crippen LogP contribution < -0.4 is 5.73 Å². The molecule has 0 amide bonds. The van der Waals surface area contributed by atoms with E-state index in [1.54, 1.807) is 0 Å². The summed E-state index contributed by atoms with van der Waals surface area (Å²) >= 11 is 0. The Balaban J connectivity index is 1.85. The number of benzene rings is 2. The van der Waals surface area contributed by atoms with E-state index in [0.717, 1.165) is 11.1 Å². The number of carbonyl (C=O) groups is 2. The summed E-state index contributed by atoms with van der Waals surface area (Å²) in [4.78, 5) is 23.6. The van der Waals surface area contributed by atoms with E-state index in [9.17, 15) is 9.59 Å². The van der Waals surface area contributed by atoms with Crippen LogP contribution in [-0.4, -0.2) is 17.8 Å². The molecule has 0 aliphatic carbocycles. The maximum Gasteiger partial charge on any atom is 0.376 e. The van der Waals surface area contributed by atoms with E-state index in [2.05, 4.69) is 0 Å². The van der Waals surface area contributed by atoms with Crippen LogP contribution in [0.4, 0.5) is 0 Å². The van der Waals surface area contributed by atoms with Crippen LogP contribution in [0.25, 0.3) is 0 Å². The van der Waals surface area contributed by atoms with Crippen molar-refractivity contribution in [2.24, 2.45) is 5.73 Å². The summed E-state index contributed by atoms with van der Waals surface area (Å²) in [5.74, 6) is -1.59. The van der Waals surface area contributed by atoms with Gasteiger partial charge in [-0.3, -0.25) is 4.79 Å². The van der Waals surface area contributed by atoms with Gasteiger partial charge in [0.15, 0.2) is 0 Å². The molecule has 4 heteroatoms. The van der Waals surface area contributed by atoms with Crippen LogP contribution in [-0.2, 0) is 27.4 Å². The van der Waals surface area contributed by atoms with Gasteiger partial charge in [-0.25, -0.2) is 4.79 Å². The molecule has 0 spiro atoms. The van der Waals surface area contributed by atoms with Crippen LogP contribution in [0.1, 0.15) is 11.1 Å². The Morgan fingerprint density at radius 3 is 2.00 bits per heavy atom. The van der Waals surface area contributed by atoms with Gasteiger partial charge in [0.1, 0.15) is 6.61 Å². The number of hydrogen-bond acceptors (Lipinski definition) is 4. The maximum absolute atomic E-state index is 11.9. The van der Waals surface area contributed by atoms with Crippen LogP contribution in [0, 0.1) is 0 Å². The molecular formula is C17H17NO3. The van der Waals surface area contributed by atoms with Gasteiger partial charge in [-0.1, -0.05) is 60.7 Å². The number of Topliss-reactive ketones (excluding diaryl/α,β-unsaturated/α-hetero) is 1. The summed E-state index contributed by atoms with van der Waals surface area (Å²) in [6.07, 6.45) is 0.320. The molecule has 0 aromatic heterocycles. The molecule has 4 nitrogen and oxygen atoms in total. The fraction of sp³-hybridized carbons (Fsp3) is 0.176. The molecule has 0 bridgehead atoms. The maximum atomic E-state index is 11.9. The molecule has 108 valence electrons. The molecule has 0 radical (unpaired) electrons. The van der Waals surface area contributed by atoms with Crippen molar-refractivity contribution in [3.8, 4) is 0 Å². The fourth-order valence-corrected chi connectivity index (χ4v) is 1.91. The van der Waals surface area contributed by atoms with Gasteiger partial charge in [-0.15, -0.1) is 0 Å². The van der Waals surface area contributed by atoms with E-state index in [1.165, 1.54) is 0 Å². The summed E-state index contributed by atoms with van der Waals surface area (Å²) in [6, 6.07) is 17.6. The Kier molecular flexibility index (Phi) is 5.23. The minimum atomic E-state index is -0.887. The zero-order valence-corrected chi connectivity index (χ0v) is 11.6. The van der Waals surface area contributed by atoms with Crippen LogP contribution in [0.5, 0.6) is 0 Å². The molecule has 1 atom stereocenters. The van der Waals surface area contributed by atoms with E-state index in [0.29, 0.717) is 6.42 Å². The summed E-state index contributed by atoms with van der Waals surface area (Å²) < 4.78 is 4.98. The molecule has 2 aromatic rings. The van der Waals surface area contributed by atoms with Gasteiger partial charge in [0, 0.05) is 0 Å². The molecular weight excluding hydrogens is 266 g/mol. The average molecular weight is 283 g/mol. The van der Waals surface area contributed by atoms with Gasteiger partial charge in [0.25, 0.3) is 5.78 Å². The minimum absolute atomic E-state index is 0.0729. The molecule has 0 unspecified atom stereocenters. The first-order chi connectivity index (χ1) is 10.2. The van der Waals surface area contributed by atoms with Crippen molar-refractivity contribution in [3.05, 3.63) is 71.8 Å². The third kappa shape index (κ3) is 4.54. The highest BCUT2D eigenvalue weighted by atomic mass is 16.5. The number of nitrogens with two attached hydrogens (primary N) is 1. The van der Waals surface area contributed by atoms with Crippen molar-refractivity contribution in [2.75, 3.05) is 0 Å². The second-order valence-corrected chi connectivity index (χ2v) is 4.72. The smallest absolute Gasteiger partial charge is 0.376 e. The summed E-state index contributed by atoms with van der Waals surface area (Å²) in [6.45, 7) is 0.0729. The topological polar surface area (TPSA) is 69.4 Å². The lowest BCUT2D eigenvalue weighted by Crippen LogP contribution is -2.38. The highest BCUT2D eigenvalue weighted by Crippen LogP contribution is 2.05. The number of carbonyl (C=O) groups excluding carboxylic acids is 2. The summed E-state index contributed by atoms with van der Waals surface area (Å²) in [7, 11) is 0. The third-order valence-electron chi connectivity index (χ3n) is 3.05. The Bertz CT molecular complexity index is 596. The average Bonchev–Trinajstić information content (AvgIpc) is 2.53. The Morgan fingerprint density at radius 1 is 0.905 bits per heavy atom. The quantitative estimate of drug-likeness (QED) is 0.649. The zero-order chi connectivity index (χ0) is 15.1. The van der Waals surface area contributed by atoms with Crippen LogP contribution >= 0.6 is 0 Å². The first-order valence-electron chi connectivity index (χ1n) is 6.71. The van der Waals surface area contributed by atoms with Crippen molar-refractivity contribution >= 4 is 11.8 Å². The molecule has 0 fully saturated rings. The molecule has 2 N–H and O–H groups in total. The molecule has 0 heterocycles. The van der Waals surface area contributed by atoms with Crippen LogP contribution in [0.3, 0.4) is 0 Å². The Morgan fingerprint density at radius 2 is 1.43 bits per heavy atom. The third-order valence-corrected chi connectivity index (χ3v) is 3.05. The lowest BCUT2D eigenvalue weighted by atomic mass is 10.0. The van der Waals surface area contributed by atoms with Crippen molar-refractivity contribution in [1.82, 2.24) is 0 Å². The van der Waals surface area contributed by atoms with Crippen LogP contribution in [0.15, 0.2) is 60.7 Å². The van der Waals surface area contributed by atoms with Crippen molar-refractivity contribution in [1.29, 1.82) is 0 Å². The highest BCUT2D eigenvalue weighted by molar-refractivity contribution is 6.35. The van der Waals surface area contributed by atoms with Gasteiger partial charge in [-0.2, -0.15) is 0 Å². The number of hydrogen-bond donors (Lipinski definition) is 1. The first-order valence-corrected chi connectivity index (χ1v) is 6.71. The summed E-state index contributed by atoms with van der Waals surface area (Å²) in [5, 5.41) is 0. The van der Waals surface area contributed by atoms with Crippen molar-refractivity contribution < 1.29 is 14.3 Å². The molecule has 0 saturated carbocycles. The van der Waals surface area contributed by atoms with Crippen molar-refractivity contribution in [3.63, 3.8) is 0 Å². The number of ketones is 1. The first kappa shape index (κ1) is 14.9. The van der Waals surface area contributed by atoms with E-state index in [1.807, 2.05) is 60.7 Å². The lowest BCUT2D eigenvalue weighted by molar-refractivity contribution is -0.155. The SMILES string of the molecule is N[C@@H](Cc1ccccc1)C(=O)C(=O)OCc1ccccc1. The largest absolute Gasteiger partial charge is 0.455 e. The predicted octanol–water partition coefficient (Wildman–Crippen LogP) is 1.87. The minimum Gasteiger partial charge on any atom is -0.455 e. The molecule has 0 aliphatic rings. The monoisotopic (exact) mass is 283 g/mol. The van der Waals surface area contributed by atoms with Gasteiger partial charge < -0.3 is 10.5 Å². The lowest BCUT2D eigenvalue weighted by Gasteiger charge is -2.10. The zero-order valence-electron chi connectivity index (χ0n) is 11.6. The highest BCUT2D eigenvalue weighted by Gasteiger charge is 2.23. The fourth-order valence-electron chi connectivity index (χ4n) is 1.91. The molecule has 0 aliphatic heterocycles. The Hall–Kier alpha value is -2.46. The van der Waals surface area contributed by atoms with Gasteiger partial charge in [0.2, 0.25) is 0 Å². The van der Waals surface area contributed by atoms with E-state index >= 15 is 0 Å². The molecule has 21 heavy (non-hydrogen) atoms. The normalized spacial score (nSPS) is 11.7. The van der Waals surface area contributed by atoms with E-state index in [4.69, 9.17) is 10.5 Å². The number of rotatable bonds is 6. The van der Waals surface area contributed by atoms with Crippen molar-refractivity contribution in [2.45, 2.75) is 19.1 Å². The summed E-state index contributed by atoms with van der Waals surface area (Å²) in [5.41, 5.74) is 7.51. The Labute approximate surface area is 123 Å². The molecule has 0 saturated heterocycles. The van der Waals surface area contributed by atoms with Gasteiger partial charge >= 0.3 is 5.97 Å². The van der Waals surface area contributed by atoms with E-state index in [-0.39, 0.29) is 6.61 Å². The van der Waals surface area contributed by atoms with E-state index < -0.39 is 17.8 Å². The molecule has 2 aromatic carbocycles. The number of esters is 1. The van der Waals surface area contributed by atoms with Crippen LogP contribution in [0.2, 0.25) is 0 Å². The number of ether oxygens (including phenoxy) is 1.